The van der Waals surface area contributed by atoms with Crippen molar-refractivity contribution in [3.05, 3.63) is 59.2 Å². The van der Waals surface area contributed by atoms with Crippen LogP contribution in [0.4, 0.5) is 0 Å². The number of hydrogen-bond acceptors (Lipinski definition) is 7. The van der Waals surface area contributed by atoms with Crippen molar-refractivity contribution in [2.45, 2.75) is 39.7 Å². The van der Waals surface area contributed by atoms with Gasteiger partial charge in [-0.05, 0) is 49.8 Å². The number of carbonyl (C=O) groups excluding carboxylic acids is 2. The summed E-state index contributed by atoms with van der Waals surface area (Å²) in [5.74, 6) is -0.0501. The maximum absolute atomic E-state index is 13.4. The Labute approximate surface area is 219 Å². The van der Waals surface area contributed by atoms with Gasteiger partial charge in [0.15, 0.2) is 11.5 Å². The number of aliphatic hydroxyl groups excluding tert-OH is 1. The minimum absolute atomic E-state index is 0.0238. The quantitative estimate of drug-likeness (QED) is 0.182. The number of carbonyl (C=O) groups is 2. The van der Waals surface area contributed by atoms with Crippen LogP contribution >= 0.6 is 0 Å². The fraction of sp³-hybridized carbons (Fsp3) is 0.448. The summed E-state index contributed by atoms with van der Waals surface area (Å²) < 4.78 is 16.9. The molecule has 1 N–H and O–H groups in total. The molecular formula is C29H38N2O6. The third-order valence-electron chi connectivity index (χ3n) is 6.71. The van der Waals surface area contributed by atoms with E-state index in [-0.39, 0.29) is 11.3 Å². The molecule has 8 nitrogen and oxygen atoms in total. The van der Waals surface area contributed by atoms with Crippen molar-refractivity contribution in [1.29, 1.82) is 0 Å². The highest BCUT2D eigenvalue weighted by molar-refractivity contribution is 6.46. The molecule has 37 heavy (non-hydrogen) atoms. The molecule has 1 amide bonds. The van der Waals surface area contributed by atoms with Gasteiger partial charge >= 0.3 is 0 Å². The van der Waals surface area contributed by atoms with Crippen molar-refractivity contribution in [3.63, 3.8) is 0 Å². The van der Waals surface area contributed by atoms with Crippen molar-refractivity contribution in [1.82, 2.24) is 9.80 Å². The summed E-state index contributed by atoms with van der Waals surface area (Å²) in [6.07, 6.45) is 1.97. The van der Waals surface area contributed by atoms with Crippen molar-refractivity contribution in [2.75, 3.05) is 47.0 Å². The maximum atomic E-state index is 13.4. The van der Waals surface area contributed by atoms with Gasteiger partial charge in [-0.3, -0.25) is 9.59 Å². The Morgan fingerprint density at radius 1 is 1.00 bits per heavy atom. The molecule has 2 aromatic rings. The molecule has 1 saturated heterocycles. The highest BCUT2D eigenvalue weighted by Gasteiger charge is 2.47. The summed E-state index contributed by atoms with van der Waals surface area (Å²) in [4.78, 5) is 30.4. The number of likely N-dealkylation sites (tertiary alicyclic amines) is 1. The van der Waals surface area contributed by atoms with E-state index in [0.29, 0.717) is 48.1 Å². The van der Waals surface area contributed by atoms with Gasteiger partial charge in [-0.2, -0.15) is 0 Å². The van der Waals surface area contributed by atoms with Crippen LogP contribution in [-0.2, 0) is 9.59 Å². The molecule has 1 aliphatic heterocycles. The van der Waals surface area contributed by atoms with Gasteiger partial charge in [0.05, 0.1) is 32.4 Å². The Morgan fingerprint density at radius 3 is 2.30 bits per heavy atom. The van der Waals surface area contributed by atoms with Crippen LogP contribution in [0.15, 0.2) is 48.0 Å². The summed E-state index contributed by atoms with van der Waals surface area (Å²) in [5, 5.41) is 11.4. The Bertz CT molecular complexity index is 1110. The van der Waals surface area contributed by atoms with Crippen LogP contribution < -0.4 is 14.2 Å². The summed E-state index contributed by atoms with van der Waals surface area (Å²) in [5.41, 5.74) is 1.02. The number of ketones is 1. The number of benzene rings is 2. The minimum atomic E-state index is -0.832. The third kappa shape index (κ3) is 6.07. The van der Waals surface area contributed by atoms with Gasteiger partial charge in [0.1, 0.15) is 11.5 Å². The van der Waals surface area contributed by atoms with Gasteiger partial charge in [-0.15, -0.1) is 0 Å². The number of likely N-dealkylation sites (N-methyl/N-ethyl adjacent to an activating group) is 1. The average Bonchev–Trinajstić information content (AvgIpc) is 3.18. The molecular weight excluding hydrogens is 472 g/mol. The highest BCUT2D eigenvalue weighted by Crippen LogP contribution is 2.45. The van der Waals surface area contributed by atoms with E-state index in [2.05, 4.69) is 25.7 Å². The van der Waals surface area contributed by atoms with Crippen LogP contribution in [0.2, 0.25) is 0 Å². The number of ether oxygens (including phenoxy) is 3. The molecule has 1 unspecified atom stereocenters. The predicted octanol–water partition coefficient (Wildman–Crippen LogP) is 4.65. The number of unbranched alkanes of at least 4 members (excludes halogenated alkanes) is 1. The van der Waals surface area contributed by atoms with Gasteiger partial charge in [0.2, 0.25) is 0 Å². The Kier molecular flexibility index (Phi) is 9.97. The molecule has 0 radical (unpaired) electrons. The molecule has 0 aliphatic carbocycles. The van der Waals surface area contributed by atoms with Crippen LogP contribution in [0.3, 0.4) is 0 Å². The first-order valence-corrected chi connectivity index (χ1v) is 12.9. The van der Waals surface area contributed by atoms with Crippen molar-refractivity contribution in [3.8, 4) is 17.2 Å². The third-order valence-corrected chi connectivity index (χ3v) is 6.71. The lowest BCUT2D eigenvalue weighted by molar-refractivity contribution is -0.140. The molecule has 200 valence electrons. The molecule has 3 rings (SSSR count). The van der Waals surface area contributed by atoms with E-state index in [1.807, 2.05) is 0 Å². The summed E-state index contributed by atoms with van der Waals surface area (Å²) in [7, 11) is 3.05. The van der Waals surface area contributed by atoms with E-state index < -0.39 is 17.7 Å². The fourth-order valence-corrected chi connectivity index (χ4v) is 4.55. The van der Waals surface area contributed by atoms with Crippen LogP contribution in [0.5, 0.6) is 17.2 Å². The molecule has 0 saturated carbocycles. The van der Waals surface area contributed by atoms with E-state index in [1.165, 1.54) is 19.1 Å². The van der Waals surface area contributed by atoms with Crippen molar-refractivity contribution < 1.29 is 28.9 Å². The SMILES string of the molecule is CCCCOc1ccc(/C(O)=C2\C(=O)C(=O)N(CCN(CC)CC)C2c2cccc(OC)c2OC)cc1. The monoisotopic (exact) mass is 510 g/mol. The molecule has 0 bridgehead atoms. The molecule has 1 fully saturated rings. The van der Waals surface area contributed by atoms with Crippen LogP contribution in [-0.4, -0.2) is 73.6 Å². The lowest BCUT2D eigenvalue weighted by Crippen LogP contribution is -2.38. The van der Waals surface area contributed by atoms with Gasteiger partial charge in [0.25, 0.3) is 11.7 Å². The zero-order chi connectivity index (χ0) is 26.9. The zero-order valence-corrected chi connectivity index (χ0v) is 22.5. The van der Waals surface area contributed by atoms with E-state index in [9.17, 15) is 14.7 Å². The standard InChI is InChI=1S/C29H38N2O6/c1-6-9-19-37-21-15-13-20(14-16-21)26(32)24-25(22-11-10-12-23(35-4)28(22)36-5)31(29(34)27(24)33)18-17-30(7-2)8-3/h10-16,25,32H,6-9,17-19H2,1-5H3/b26-24+. The molecule has 1 atom stereocenters. The summed E-state index contributed by atoms with van der Waals surface area (Å²) in [6, 6.07) is 11.4. The largest absolute Gasteiger partial charge is 0.507 e. The molecule has 1 aliphatic rings. The predicted molar refractivity (Wildman–Crippen MR) is 143 cm³/mol. The number of hydrogen-bond donors (Lipinski definition) is 1. The van der Waals surface area contributed by atoms with Crippen molar-refractivity contribution >= 4 is 17.4 Å². The Hall–Kier alpha value is -3.52. The molecule has 1 heterocycles. The summed E-state index contributed by atoms with van der Waals surface area (Å²) in [6.45, 7) is 9.35. The van der Waals surface area contributed by atoms with Gasteiger partial charge in [0, 0.05) is 24.2 Å². The number of para-hydroxylation sites is 1. The minimum Gasteiger partial charge on any atom is -0.507 e. The molecule has 8 heteroatoms. The van der Waals surface area contributed by atoms with Gasteiger partial charge in [-0.25, -0.2) is 0 Å². The highest BCUT2D eigenvalue weighted by atomic mass is 16.5. The molecule has 0 aromatic heterocycles. The number of methoxy groups -OCH3 is 2. The number of aliphatic hydroxyl groups is 1. The first-order chi connectivity index (χ1) is 17.9. The van der Waals surface area contributed by atoms with Crippen molar-refractivity contribution in [2.24, 2.45) is 0 Å². The fourth-order valence-electron chi connectivity index (χ4n) is 4.55. The number of nitrogens with zero attached hydrogens (tertiary/aromatic N) is 2. The average molecular weight is 511 g/mol. The molecule has 2 aromatic carbocycles. The Balaban J connectivity index is 2.10. The van der Waals surface area contributed by atoms with E-state index in [0.717, 1.165) is 25.9 Å². The number of amides is 1. The van der Waals surface area contributed by atoms with E-state index in [4.69, 9.17) is 14.2 Å². The smallest absolute Gasteiger partial charge is 0.295 e. The number of Topliss-reactive ketones (excluding diaryl/α,β-unsaturated/α-hetero) is 1. The first-order valence-electron chi connectivity index (χ1n) is 12.9. The second-order valence-corrected chi connectivity index (χ2v) is 8.83. The van der Waals surface area contributed by atoms with E-state index in [1.54, 1.807) is 42.5 Å². The topological polar surface area (TPSA) is 88.5 Å². The second-order valence-electron chi connectivity index (χ2n) is 8.83. The Morgan fingerprint density at radius 2 is 1.70 bits per heavy atom. The molecule has 0 spiro atoms. The second kappa shape index (κ2) is 13.1. The van der Waals surface area contributed by atoms with E-state index >= 15 is 0 Å². The van der Waals surface area contributed by atoms with Gasteiger partial charge in [-0.1, -0.05) is 39.3 Å². The summed E-state index contributed by atoms with van der Waals surface area (Å²) >= 11 is 0. The zero-order valence-electron chi connectivity index (χ0n) is 22.5. The van der Waals surface area contributed by atoms with Crippen LogP contribution in [0.1, 0.15) is 50.8 Å². The van der Waals surface area contributed by atoms with Crippen LogP contribution in [0, 0.1) is 0 Å². The lowest BCUT2D eigenvalue weighted by atomic mass is 9.94. The number of rotatable bonds is 13. The maximum Gasteiger partial charge on any atom is 0.295 e. The normalized spacial score (nSPS) is 16.9. The first kappa shape index (κ1) is 28.1. The lowest BCUT2D eigenvalue weighted by Gasteiger charge is -2.29. The van der Waals surface area contributed by atoms with Crippen LogP contribution in [0.25, 0.3) is 5.76 Å². The van der Waals surface area contributed by atoms with Gasteiger partial charge < -0.3 is 29.1 Å².